The van der Waals surface area contributed by atoms with E-state index in [4.69, 9.17) is 9.47 Å². The third-order valence-electron chi connectivity index (χ3n) is 6.26. The lowest BCUT2D eigenvalue weighted by atomic mass is 10.0. The van der Waals surface area contributed by atoms with Crippen LogP contribution in [0, 0.1) is 0 Å². The molecule has 208 valence electrons. The second-order valence-corrected chi connectivity index (χ2v) is 9.54. The van der Waals surface area contributed by atoms with E-state index in [0.717, 1.165) is 64.2 Å². The molecule has 0 aliphatic carbocycles. The molecule has 1 aliphatic rings. The first kappa shape index (κ1) is 31.8. The van der Waals surface area contributed by atoms with Crippen molar-refractivity contribution in [2.24, 2.45) is 0 Å². The standard InChI is InChI=1S/C26H46N2O8/c1-3-5-7-9-11-13-19-15-23(31)27-22(18-30)26(34)36-20(14-12-10-8-6-4-2)16-24(32)28-21(17-29)25(33)35-19/h19-22,29-30H,3-18H2,1-2H3,(H,27,31)(H,28,32)/t19?,20?,21-,22-/m0/s1. The first-order valence-electron chi connectivity index (χ1n) is 13.6. The molecule has 2 amide bonds. The molecule has 0 saturated carbocycles. The minimum absolute atomic E-state index is 0.212. The average molecular weight is 515 g/mol. The van der Waals surface area contributed by atoms with Gasteiger partial charge in [-0.1, -0.05) is 65.2 Å². The number of aliphatic hydroxyl groups is 2. The summed E-state index contributed by atoms with van der Waals surface area (Å²) >= 11 is 0. The van der Waals surface area contributed by atoms with Crippen LogP contribution in [0.5, 0.6) is 0 Å². The number of ether oxygens (including phenoxy) is 2. The fourth-order valence-corrected chi connectivity index (χ4v) is 4.13. The van der Waals surface area contributed by atoms with Gasteiger partial charge in [0, 0.05) is 0 Å². The quantitative estimate of drug-likeness (QED) is 0.204. The summed E-state index contributed by atoms with van der Waals surface area (Å²) in [7, 11) is 0. The topological polar surface area (TPSA) is 151 Å². The van der Waals surface area contributed by atoms with Gasteiger partial charge in [-0.05, 0) is 25.7 Å². The summed E-state index contributed by atoms with van der Waals surface area (Å²) in [6.07, 6.45) is 8.50. The Kier molecular flexibility index (Phi) is 16.8. The number of hydrogen-bond donors (Lipinski definition) is 4. The van der Waals surface area contributed by atoms with Gasteiger partial charge in [0.25, 0.3) is 0 Å². The fourth-order valence-electron chi connectivity index (χ4n) is 4.13. The fraction of sp³-hybridized carbons (Fsp3) is 0.846. The highest BCUT2D eigenvalue weighted by atomic mass is 16.6. The maximum atomic E-state index is 12.7. The van der Waals surface area contributed by atoms with Gasteiger partial charge in [-0.25, -0.2) is 9.59 Å². The van der Waals surface area contributed by atoms with Crippen molar-refractivity contribution >= 4 is 23.8 Å². The van der Waals surface area contributed by atoms with Gasteiger partial charge in [-0.2, -0.15) is 0 Å². The number of unbranched alkanes of at least 4 members (excludes halogenated alkanes) is 8. The Hall–Kier alpha value is -2.20. The number of hydrogen-bond acceptors (Lipinski definition) is 8. The Bertz CT molecular complexity index is 616. The van der Waals surface area contributed by atoms with Crippen LogP contribution < -0.4 is 10.6 Å². The van der Waals surface area contributed by atoms with E-state index in [1.54, 1.807) is 0 Å². The molecule has 4 N–H and O–H groups in total. The van der Waals surface area contributed by atoms with Gasteiger partial charge in [0.05, 0.1) is 26.1 Å². The molecule has 0 bridgehead atoms. The molecule has 0 radical (unpaired) electrons. The summed E-state index contributed by atoms with van der Waals surface area (Å²) in [6.45, 7) is 2.89. The summed E-state index contributed by atoms with van der Waals surface area (Å²) in [6, 6.07) is -2.56. The Morgan fingerprint density at radius 1 is 0.639 bits per heavy atom. The van der Waals surface area contributed by atoms with E-state index < -0.39 is 61.3 Å². The second-order valence-electron chi connectivity index (χ2n) is 9.54. The molecule has 0 spiro atoms. The summed E-state index contributed by atoms with van der Waals surface area (Å²) in [5, 5.41) is 24.3. The molecule has 10 nitrogen and oxygen atoms in total. The molecule has 0 aromatic heterocycles. The maximum Gasteiger partial charge on any atom is 0.331 e. The Labute approximate surface area is 214 Å². The number of aliphatic hydroxyl groups excluding tert-OH is 2. The Morgan fingerprint density at radius 2 is 1.00 bits per heavy atom. The number of carbonyl (C=O) groups is 4. The normalized spacial score (nSPS) is 24.3. The first-order valence-corrected chi connectivity index (χ1v) is 13.6. The van der Waals surface area contributed by atoms with Crippen molar-refractivity contribution in [1.82, 2.24) is 10.6 Å². The zero-order valence-electron chi connectivity index (χ0n) is 22.0. The van der Waals surface area contributed by atoms with Crippen molar-refractivity contribution in [2.45, 2.75) is 128 Å². The van der Waals surface area contributed by atoms with Crippen LogP contribution in [0.2, 0.25) is 0 Å². The summed E-state index contributed by atoms with van der Waals surface area (Å²) in [4.78, 5) is 50.6. The molecule has 1 saturated heterocycles. The Morgan fingerprint density at radius 3 is 1.33 bits per heavy atom. The van der Waals surface area contributed by atoms with Gasteiger partial charge in [0.15, 0.2) is 12.1 Å². The van der Waals surface area contributed by atoms with Crippen molar-refractivity contribution in [3.05, 3.63) is 0 Å². The molecule has 2 unspecified atom stereocenters. The maximum absolute atomic E-state index is 12.7. The summed E-state index contributed by atoms with van der Waals surface area (Å²) < 4.78 is 11.0. The van der Waals surface area contributed by atoms with Gasteiger partial charge in [-0.15, -0.1) is 0 Å². The van der Waals surface area contributed by atoms with Gasteiger partial charge in [-0.3, -0.25) is 9.59 Å². The highest BCUT2D eigenvalue weighted by Crippen LogP contribution is 2.16. The number of carbonyl (C=O) groups excluding carboxylic acids is 4. The van der Waals surface area contributed by atoms with Crippen LogP contribution in [0.25, 0.3) is 0 Å². The van der Waals surface area contributed by atoms with Gasteiger partial charge >= 0.3 is 11.9 Å². The van der Waals surface area contributed by atoms with Crippen molar-refractivity contribution in [1.29, 1.82) is 0 Å². The van der Waals surface area contributed by atoms with Gasteiger partial charge in [0.1, 0.15) is 12.2 Å². The lowest BCUT2D eigenvalue weighted by molar-refractivity contribution is -0.160. The molecular weight excluding hydrogens is 468 g/mol. The summed E-state index contributed by atoms with van der Waals surface area (Å²) in [5.74, 6) is -2.76. The van der Waals surface area contributed by atoms with Gasteiger partial charge in [0.2, 0.25) is 11.8 Å². The third-order valence-corrected chi connectivity index (χ3v) is 6.26. The lowest BCUT2D eigenvalue weighted by Gasteiger charge is -2.25. The van der Waals surface area contributed by atoms with Crippen molar-refractivity contribution in [2.75, 3.05) is 13.2 Å². The molecule has 1 heterocycles. The highest BCUT2D eigenvalue weighted by molar-refractivity contribution is 5.87. The molecule has 36 heavy (non-hydrogen) atoms. The molecule has 4 atom stereocenters. The van der Waals surface area contributed by atoms with Crippen LogP contribution in [-0.4, -0.2) is 71.5 Å². The van der Waals surface area contributed by atoms with Crippen LogP contribution in [0.1, 0.15) is 104 Å². The Balaban J connectivity index is 2.95. The second kappa shape index (κ2) is 19.0. The van der Waals surface area contributed by atoms with Crippen LogP contribution in [0.4, 0.5) is 0 Å². The molecule has 10 heteroatoms. The van der Waals surface area contributed by atoms with Crippen LogP contribution in [0.3, 0.4) is 0 Å². The number of esters is 2. The van der Waals surface area contributed by atoms with Crippen LogP contribution in [0.15, 0.2) is 0 Å². The monoisotopic (exact) mass is 514 g/mol. The number of rotatable bonds is 14. The lowest BCUT2D eigenvalue weighted by Crippen LogP contribution is -2.49. The van der Waals surface area contributed by atoms with E-state index in [2.05, 4.69) is 24.5 Å². The molecule has 1 rings (SSSR count). The zero-order valence-corrected chi connectivity index (χ0v) is 22.0. The van der Waals surface area contributed by atoms with E-state index in [9.17, 15) is 29.4 Å². The molecule has 1 fully saturated rings. The molecule has 1 aliphatic heterocycles. The van der Waals surface area contributed by atoms with E-state index in [-0.39, 0.29) is 12.8 Å². The van der Waals surface area contributed by atoms with E-state index >= 15 is 0 Å². The minimum Gasteiger partial charge on any atom is -0.460 e. The zero-order chi connectivity index (χ0) is 26.8. The van der Waals surface area contributed by atoms with Crippen molar-refractivity contribution in [3.63, 3.8) is 0 Å². The van der Waals surface area contributed by atoms with Gasteiger partial charge < -0.3 is 30.3 Å². The number of cyclic esters (lactones) is 2. The largest absolute Gasteiger partial charge is 0.460 e. The first-order chi connectivity index (χ1) is 17.3. The summed E-state index contributed by atoms with van der Waals surface area (Å²) in [5.41, 5.74) is 0. The minimum atomic E-state index is -1.28. The number of amides is 2. The molecule has 0 aromatic rings. The molecular formula is C26H46N2O8. The average Bonchev–Trinajstić information content (AvgIpc) is 2.84. The van der Waals surface area contributed by atoms with E-state index in [0.29, 0.717) is 12.8 Å². The SMILES string of the molecule is CCCCCCCC1CC(=O)N[C@@H](CO)C(=O)OC(CCCCCCC)CC(=O)N[C@@H](CO)C(=O)O1. The van der Waals surface area contributed by atoms with Crippen molar-refractivity contribution < 1.29 is 38.9 Å². The highest BCUT2D eigenvalue weighted by Gasteiger charge is 2.31. The smallest absolute Gasteiger partial charge is 0.331 e. The molecule has 0 aromatic carbocycles. The van der Waals surface area contributed by atoms with Crippen LogP contribution >= 0.6 is 0 Å². The van der Waals surface area contributed by atoms with E-state index in [1.165, 1.54) is 0 Å². The number of nitrogens with one attached hydrogen (secondary N) is 2. The predicted molar refractivity (Wildman–Crippen MR) is 134 cm³/mol. The van der Waals surface area contributed by atoms with Crippen molar-refractivity contribution in [3.8, 4) is 0 Å². The predicted octanol–water partition coefficient (Wildman–Crippen LogP) is 2.28. The van der Waals surface area contributed by atoms with E-state index in [1.807, 2.05) is 0 Å². The van der Waals surface area contributed by atoms with Crippen LogP contribution in [-0.2, 0) is 28.7 Å². The third kappa shape index (κ3) is 13.2.